The summed E-state index contributed by atoms with van der Waals surface area (Å²) in [4.78, 5) is 10.7. The summed E-state index contributed by atoms with van der Waals surface area (Å²) in [5, 5.41) is 12.2. The van der Waals surface area contributed by atoms with E-state index < -0.39 is 5.97 Å². The van der Waals surface area contributed by atoms with Gasteiger partial charge in [0.1, 0.15) is 0 Å². The zero-order valence-electron chi connectivity index (χ0n) is 9.12. The molecule has 0 radical (unpaired) electrons. The van der Waals surface area contributed by atoms with E-state index in [0.29, 0.717) is 11.8 Å². The van der Waals surface area contributed by atoms with Crippen LogP contribution in [0.2, 0.25) is 0 Å². The molecule has 0 aliphatic heterocycles. The molecule has 0 spiro atoms. The molecule has 0 aromatic carbocycles. The lowest BCUT2D eigenvalue weighted by molar-refractivity contribution is -0.141. The van der Waals surface area contributed by atoms with E-state index in [1.807, 2.05) is 0 Å². The summed E-state index contributed by atoms with van der Waals surface area (Å²) in [6.45, 7) is 6.39. The van der Waals surface area contributed by atoms with Crippen molar-refractivity contribution >= 4 is 5.97 Å². The number of carboxylic acid groups (broad SMARTS) is 1. The quantitative estimate of drug-likeness (QED) is 0.709. The summed E-state index contributed by atoms with van der Waals surface area (Å²) in [5.41, 5.74) is 0. The number of carbonyl (C=O) groups is 1. The molecule has 0 aromatic rings. The van der Waals surface area contributed by atoms with Crippen molar-refractivity contribution in [2.75, 3.05) is 13.1 Å². The van der Waals surface area contributed by atoms with Crippen LogP contribution in [0.5, 0.6) is 0 Å². The largest absolute Gasteiger partial charge is 0.481 e. The predicted octanol–water partition coefficient (Wildman–Crippen LogP) is 1.73. The Bertz CT molecular complexity index is 192. The third kappa shape index (κ3) is 3.66. The molecule has 1 fully saturated rings. The van der Waals surface area contributed by atoms with Gasteiger partial charge >= 0.3 is 5.97 Å². The Balaban J connectivity index is 2.13. The van der Waals surface area contributed by atoms with E-state index in [2.05, 4.69) is 19.2 Å². The summed E-state index contributed by atoms with van der Waals surface area (Å²) in [6.07, 6.45) is 2.80. The summed E-state index contributed by atoms with van der Waals surface area (Å²) < 4.78 is 0. The summed E-state index contributed by atoms with van der Waals surface area (Å²) >= 11 is 0. The lowest BCUT2D eigenvalue weighted by Gasteiger charge is -2.12. The zero-order chi connectivity index (χ0) is 10.6. The molecule has 0 aromatic heterocycles. The highest BCUT2D eigenvalue weighted by molar-refractivity contribution is 5.70. The first-order valence-electron chi connectivity index (χ1n) is 5.53. The summed E-state index contributed by atoms with van der Waals surface area (Å²) in [7, 11) is 0. The van der Waals surface area contributed by atoms with Crippen LogP contribution in [0.3, 0.4) is 0 Å². The van der Waals surface area contributed by atoms with Crippen LogP contribution in [-0.2, 0) is 4.79 Å². The van der Waals surface area contributed by atoms with Crippen molar-refractivity contribution in [3.05, 3.63) is 0 Å². The van der Waals surface area contributed by atoms with Crippen molar-refractivity contribution in [3.8, 4) is 0 Å². The topological polar surface area (TPSA) is 49.3 Å². The fourth-order valence-corrected chi connectivity index (χ4v) is 2.06. The monoisotopic (exact) mass is 199 g/mol. The average molecular weight is 199 g/mol. The molecule has 1 rings (SSSR count). The number of hydrogen-bond acceptors (Lipinski definition) is 2. The van der Waals surface area contributed by atoms with Gasteiger partial charge in [-0.3, -0.25) is 4.79 Å². The SMILES string of the molecule is CC(C)CNCC1CCC(C(=O)O)C1. The van der Waals surface area contributed by atoms with E-state index in [0.717, 1.165) is 32.4 Å². The lowest BCUT2D eigenvalue weighted by atomic mass is 10.1. The highest BCUT2D eigenvalue weighted by Crippen LogP contribution is 2.30. The average Bonchev–Trinajstić information content (AvgIpc) is 2.52. The molecule has 2 unspecified atom stereocenters. The fourth-order valence-electron chi connectivity index (χ4n) is 2.06. The van der Waals surface area contributed by atoms with Gasteiger partial charge in [0.2, 0.25) is 0 Å². The molecule has 82 valence electrons. The second-order valence-electron chi connectivity index (χ2n) is 4.77. The third-order valence-corrected chi connectivity index (χ3v) is 2.88. The van der Waals surface area contributed by atoms with Crippen LogP contribution >= 0.6 is 0 Å². The number of rotatable bonds is 5. The van der Waals surface area contributed by atoms with Gasteiger partial charge in [-0.05, 0) is 44.2 Å². The van der Waals surface area contributed by atoms with Gasteiger partial charge in [0, 0.05) is 0 Å². The number of carboxylic acids is 1. The molecule has 1 aliphatic carbocycles. The zero-order valence-corrected chi connectivity index (χ0v) is 9.12. The molecular formula is C11H21NO2. The molecule has 3 heteroatoms. The smallest absolute Gasteiger partial charge is 0.306 e. The molecule has 1 saturated carbocycles. The fraction of sp³-hybridized carbons (Fsp3) is 0.909. The minimum Gasteiger partial charge on any atom is -0.481 e. The molecule has 0 bridgehead atoms. The van der Waals surface area contributed by atoms with E-state index in [1.165, 1.54) is 0 Å². The van der Waals surface area contributed by atoms with Crippen LogP contribution in [0.15, 0.2) is 0 Å². The third-order valence-electron chi connectivity index (χ3n) is 2.88. The van der Waals surface area contributed by atoms with Gasteiger partial charge in [-0.2, -0.15) is 0 Å². The van der Waals surface area contributed by atoms with Crippen molar-refractivity contribution < 1.29 is 9.90 Å². The first kappa shape index (κ1) is 11.5. The predicted molar refractivity (Wildman–Crippen MR) is 56.2 cm³/mol. The Morgan fingerprint density at radius 1 is 1.50 bits per heavy atom. The van der Waals surface area contributed by atoms with Gasteiger partial charge in [0.05, 0.1) is 5.92 Å². The molecule has 0 amide bonds. The number of aliphatic carboxylic acids is 1. The number of hydrogen-bond donors (Lipinski definition) is 2. The Morgan fingerprint density at radius 3 is 2.71 bits per heavy atom. The normalized spacial score (nSPS) is 27.1. The van der Waals surface area contributed by atoms with Crippen LogP contribution in [0.4, 0.5) is 0 Å². The highest BCUT2D eigenvalue weighted by atomic mass is 16.4. The van der Waals surface area contributed by atoms with Gasteiger partial charge in [-0.25, -0.2) is 0 Å². The molecule has 0 saturated heterocycles. The second-order valence-corrected chi connectivity index (χ2v) is 4.77. The second kappa shape index (κ2) is 5.35. The first-order valence-corrected chi connectivity index (χ1v) is 5.53. The van der Waals surface area contributed by atoms with Gasteiger partial charge in [-0.1, -0.05) is 13.8 Å². The van der Waals surface area contributed by atoms with Crippen molar-refractivity contribution in [1.29, 1.82) is 0 Å². The molecule has 2 atom stereocenters. The molecule has 2 N–H and O–H groups in total. The van der Waals surface area contributed by atoms with Gasteiger partial charge in [0.15, 0.2) is 0 Å². The summed E-state index contributed by atoms with van der Waals surface area (Å²) in [6, 6.07) is 0. The van der Waals surface area contributed by atoms with E-state index in [-0.39, 0.29) is 5.92 Å². The van der Waals surface area contributed by atoms with Crippen molar-refractivity contribution in [3.63, 3.8) is 0 Å². The Kier molecular flexibility index (Phi) is 4.39. The van der Waals surface area contributed by atoms with E-state index in [1.54, 1.807) is 0 Å². The van der Waals surface area contributed by atoms with Gasteiger partial charge < -0.3 is 10.4 Å². The standard InChI is InChI=1S/C11H21NO2/c1-8(2)6-12-7-9-3-4-10(5-9)11(13)14/h8-10,12H,3-7H2,1-2H3,(H,13,14). The van der Waals surface area contributed by atoms with Crippen LogP contribution in [0.25, 0.3) is 0 Å². The van der Waals surface area contributed by atoms with Crippen LogP contribution in [0.1, 0.15) is 33.1 Å². The highest BCUT2D eigenvalue weighted by Gasteiger charge is 2.29. The minimum absolute atomic E-state index is 0.0825. The minimum atomic E-state index is -0.614. The molecule has 14 heavy (non-hydrogen) atoms. The van der Waals surface area contributed by atoms with Crippen molar-refractivity contribution in [2.45, 2.75) is 33.1 Å². The maximum atomic E-state index is 10.7. The van der Waals surface area contributed by atoms with Crippen molar-refractivity contribution in [1.82, 2.24) is 5.32 Å². The van der Waals surface area contributed by atoms with Crippen LogP contribution in [-0.4, -0.2) is 24.2 Å². The molecule has 1 aliphatic rings. The maximum absolute atomic E-state index is 10.7. The van der Waals surface area contributed by atoms with Crippen molar-refractivity contribution in [2.24, 2.45) is 17.8 Å². The Morgan fingerprint density at radius 2 is 2.21 bits per heavy atom. The van der Waals surface area contributed by atoms with Gasteiger partial charge in [0.25, 0.3) is 0 Å². The van der Waals surface area contributed by atoms with E-state index in [9.17, 15) is 4.79 Å². The molecule has 0 heterocycles. The van der Waals surface area contributed by atoms with Crippen LogP contribution in [0, 0.1) is 17.8 Å². The van der Waals surface area contributed by atoms with E-state index in [4.69, 9.17) is 5.11 Å². The summed E-state index contributed by atoms with van der Waals surface area (Å²) in [5.74, 6) is 0.554. The maximum Gasteiger partial charge on any atom is 0.306 e. The Hall–Kier alpha value is -0.570. The first-order chi connectivity index (χ1) is 6.59. The van der Waals surface area contributed by atoms with Crippen LogP contribution < -0.4 is 5.32 Å². The lowest BCUT2D eigenvalue weighted by Crippen LogP contribution is -2.25. The molecular weight excluding hydrogens is 178 g/mol. The Labute approximate surface area is 85.9 Å². The molecule has 3 nitrogen and oxygen atoms in total. The number of nitrogens with one attached hydrogen (secondary N) is 1. The van der Waals surface area contributed by atoms with E-state index >= 15 is 0 Å². The van der Waals surface area contributed by atoms with Gasteiger partial charge in [-0.15, -0.1) is 0 Å².